The molecule has 1 heterocycles. The Labute approximate surface area is 219 Å². The number of fused-ring (bicyclic) bond motifs is 2. The molecule has 0 amide bonds. The van der Waals surface area contributed by atoms with Crippen LogP contribution in [0.15, 0.2) is 96.6 Å². The molecule has 2 bridgehead atoms. The molecular weight excluding hydrogens is 444 g/mol. The fraction of sp³-hybridized carbons (Fsp3) is 0.469. The van der Waals surface area contributed by atoms with E-state index in [0.717, 1.165) is 25.9 Å². The van der Waals surface area contributed by atoms with E-state index in [4.69, 9.17) is 4.74 Å². The molecule has 196 valence electrons. The average Bonchev–Trinajstić information content (AvgIpc) is 3.12. The number of methoxy groups -OCH3 is 1. The molecule has 4 nitrogen and oxygen atoms in total. The first-order valence-electron chi connectivity index (χ1n) is 13.0. The smallest absolute Gasteiger partial charge is 0.305 e. The minimum atomic E-state index is -0.174. The lowest BCUT2D eigenvalue weighted by molar-refractivity contribution is -0.140. The van der Waals surface area contributed by atoms with Gasteiger partial charge in [0.2, 0.25) is 0 Å². The number of carbonyl (C=O) groups excluding carboxylic acids is 1. The topological polar surface area (TPSA) is 32.8 Å². The first-order valence-corrected chi connectivity index (χ1v) is 13.0. The second-order valence-electron chi connectivity index (χ2n) is 11.1. The molecule has 2 rings (SSSR count). The monoisotopic (exact) mass is 490 g/mol. The van der Waals surface area contributed by atoms with Crippen LogP contribution in [-0.2, 0) is 9.53 Å². The summed E-state index contributed by atoms with van der Waals surface area (Å²) in [5, 5.41) is 0. The first kappa shape index (κ1) is 29.2. The van der Waals surface area contributed by atoms with Gasteiger partial charge in [-0.05, 0) is 30.1 Å². The van der Waals surface area contributed by atoms with Crippen molar-refractivity contribution in [1.82, 2.24) is 9.80 Å². The Kier molecular flexibility index (Phi) is 10.8. The Morgan fingerprint density at radius 3 is 2.58 bits per heavy atom. The Hall–Kier alpha value is -3.01. The second-order valence-corrected chi connectivity index (χ2v) is 11.1. The van der Waals surface area contributed by atoms with Gasteiger partial charge in [-0.1, -0.05) is 95.4 Å². The highest BCUT2D eigenvalue weighted by molar-refractivity contribution is 5.69. The molecule has 0 aromatic heterocycles. The molecule has 1 aliphatic heterocycles. The van der Waals surface area contributed by atoms with E-state index in [2.05, 4.69) is 107 Å². The number of hydrogen-bond acceptors (Lipinski definition) is 4. The maximum atomic E-state index is 11.7. The van der Waals surface area contributed by atoms with E-state index < -0.39 is 0 Å². The molecule has 0 saturated carbocycles. The van der Waals surface area contributed by atoms with Gasteiger partial charge >= 0.3 is 5.97 Å². The van der Waals surface area contributed by atoms with Gasteiger partial charge in [-0.2, -0.15) is 0 Å². The van der Waals surface area contributed by atoms with Gasteiger partial charge in [0, 0.05) is 61.9 Å². The molecule has 0 spiro atoms. The summed E-state index contributed by atoms with van der Waals surface area (Å²) < 4.78 is 4.84. The van der Waals surface area contributed by atoms with Crippen molar-refractivity contribution in [2.45, 2.75) is 53.9 Å². The molecule has 36 heavy (non-hydrogen) atoms. The third-order valence-electron chi connectivity index (χ3n) is 7.09. The predicted molar refractivity (Wildman–Crippen MR) is 153 cm³/mol. The highest BCUT2D eigenvalue weighted by atomic mass is 16.5. The summed E-state index contributed by atoms with van der Waals surface area (Å²) >= 11 is 0. The van der Waals surface area contributed by atoms with Crippen LogP contribution in [0.25, 0.3) is 0 Å². The van der Waals surface area contributed by atoms with Crippen molar-refractivity contribution in [2.75, 3.05) is 27.2 Å². The minimum absolute atomic E-state index is 0.0559. The zero-order valence-corrected chi connectivity index (χ0v) is 23.5. The van der Waals surface area contributed by atoms with Gasteiger partial charge in [0.25, 0.3) is 0 Å². The molecule has 4 heteroatoms. The normalized spacial score (nSPS) is 20.4. The standard InChI is InChI=1S/C32H46N2O2/c1-9-10-11-14-22-34(23-16-21-30(35)36-8)29(31(2,3)4)20-15-18-27-25-33(7)28-19-13-12-17-26(24-28)32(27,5)6/h9-15,17-20,22,27H,1,16,21,23-25H2,2-8H3/b11-10-,18-15+,22-14+,29-20+. The first-order chi connectivity index (χ1) is 17.0. The lowest BCUT2D eigenvalue weighted by atomic mass is 9.72. The zero-order valence-electron chi connectivity index (χ0n) is 23.5. The molecule has 1 saturated heterocycles. The summed E-state index contributed by atoms with van der Waals surface area (Å²) in [7, 11) is 3.64. The molecule has 0 radical (unpaired) electrons. The molecular formula is C32H46N2O2. The number of allylic oxidation sites excluding steroid dienone is 12. The molecule has 0 aromatic rings. The number of likely N-dealkylation sites (tertiary alicyclic amines) is 1. The Bertz CT molecular complexity index is 980. The molecule has 1 atom stereocenters. The van der Waals surface area contributed by atoms with Gasteiger partial charge < -0.3 is 14.5 Å². The number of carbonyl (C=O) groups is 1. The van der Waals surface area contributed by atoms with Crippen molar-refractivity contribution in [3.05, 3.63) is 96.6 Å². The van der Waals surface area contributed by atoms with E-state index in [-0.39, 0.29) is 16.8 Å². The fourth-order valence-corrected chi connectivity index (χ4v) is 4.66. The van der Waals surface area contributed by atoms with E-state index in [1.54, 1.807) is 6.08 Å². The van der Waals surface area contributed by atoms with E-state index >= 15 is 0 Å². The Morgan fingerprint density at radius 2 is 1.92 bits per heavy atom. The maximum Gasteiger partial charge on any atom is 0.305 e. The van der Waals surface area contributed by atoms with Gasteiger partial charge in [0.1, 0.15) is 0 Å². The van der Waals surface area contributed by atoms with Crippen LogP contribution < -0.4 is 0 Å². The Morgan fingerprint density at radius 1 is 1.19 bits per heavy atom. The van der Waals surface area contributed by atoms with Crippen LogP contribution in [0.1, 0.15) is 53.9 Å². The molecule has 1 aliphatic carbocycles. The van der Waals surface area contributed by atoms with Gasteiger partial charge in [-0.25, -0.2) is 0 Å². The maximum absolute atomic E-state index is 11.7. The summed E-state index contributed by atoms with van der Waals surface area (Å²) in [5.41, 5.74) is 4.03. The average molecular weight is 491 g/mol. The van der Waals surface area contributed by atoms with Crippen LogP contribution in [0.2, 0.25) is 0 Å². The lowest BCUT2D eigenvalue weighted by Crippen LogP contribution is -2.30. The van der Waals surface area contributed by atoms with E-state index in [1.807, 2.05) is 18.2 Å². The molecule has 2 aliphatic rings. The van der Waals surface area contributed by atoms with E-state index in [0.29, 0.717) is 12.3 Å². The molecule has 1 unspecified atom stereocenters. The van der Waals surface area contributed by atoms with Gasteiger partial charge in [-0.3, -0.25) is 4.79 Å². The van der Waals surface area contributed by atoms with E-state index in [1.165, 1.54) is 24.1 Å². The number of nitrogens with zero attached hydrogens (tertiary/aromatic N) is 2. The minimum Gasteiger partial charge on any atom is -0.469 e. The third-order valence-corrected chi connectivity index (χ3v) is 7.09. The summed E-state index contributed by atoms with van der Waals surface area (Å²) in [4.78, 5) is 16.3. The van der Waals surface area contributed by atoms with Crippen molar-refractivity contribution in [3.63, 3.8) is 0 Å². The van der Waals surface area contributed by atoms with Gasteiger partial charge in [-0.15, -0.1) is 0 Å². The number of hydrogen-bond donors (Lipinski definition) is 0. The quantitative estimate of drug-likeness (QED) is 0.237. The molecule has 0 aromatic carbocycles. The van der Waals surface area contributed by atoms with Crippen LogP contribution >= 0.6 is 0 Å². The van der Waals surface area contributed by atoms with Crippen LogP contribution in [0.4, 0.5) is 0 Å². The Balaban J connectivity index is 2.36. The van der Waals surface area contributed by atoms with Crippen molar-refractivity contribution >= 4 is 5.97 Å². The summed E-state index contributed by atoms with van der Waals surface area (Å²) in [5.74, 6) is 0.203. The van der Waals surface area contributed by atoms with Crippen LogP contribution in [0.3, 0.4) is 0 Å². The number of esters is 1. The summed E-state index contributed by atoms with van der Waals surface area (Å²) in [6, 6.07) is 0. The SMILES string of the molecule is C=C/C=C\C=C\N(CCCC(=O)OC)/C(=C/C=C/C1CN(C)C2=CC=CC=C(C2)C1(C)C)C(C)(C)C. The highest BCUT2D eigenvalue weighted by Gasteiger charge is 2.36. The fourth-order valence-electron chi connectivity index (χ4n) is 4.66. The summed E-state index contributed by atoms with van der Waals surface area (Å²) in [6.45, 7) is 16.9. The van der Waals surface area contributed by atoms with Crippen molar-refractivity contribution < 1.29 is 9.53 Å². The van der Waals surface area contributed by atoms with Crippen LogP contribution in [-0.4, -0.2) is 43.0 Å². The van der Waals surface area contributed by atoms with Crippen molar-refractivity contribution in [2.24, 2.45) is 16.7 Å². The van der Waals surface area contributed by atoms with Crippen molar-refractivity contribution in [3.8, 4) is 0 Å². The van der Waals surface area contributed by atoms with Crippen LogP contribution in [0, 0.1) is 16.7 Å². The largest absolute Gasteiger partial charge is 0.469 e. The zero-order chi connectivity index (χ0) is 26.8. The lowest BCUT2D eigenvalue weighted by Gasteiger charge is -2.34. The highest BCUT2D eigenvalue weighted by Crippen LogP contribution is 2.43. The summed E-state index contributed by atoms with van der Waals surface area (Å²) in [6.07, 6.45) is 27.6. The molecule has 1 fully saturated rings. The number of ether oxygens (including phenoxy) is 1. The van der Waals surface area contributed by atoms with Crippen LogP contribution in [0.5, 0.6) is 0 Å². The predicted octanol–water partition coefficient (Wildman–Crippen LogP) is 7.34. The second kappa shape index (κ2) is 13.3. The van der Waals surface area contributed by atoms with Gasteiger partial charge in [0.05, 0.1) is 7.11 Å². The third kappa shape index (κ3) is 8.29. The van der Waals surface area contributed by atoms with Gasteiger partial charge in [0.15, 0.2) is 0 Å². The van der Waals surface area contributed by atoms with Crippen molar-refractivity contribution in [1.29, 1.82) is 0 Å². The number of rotatable bonds is 10. The molecule has 0 N–H and O–H groups in total. The van der Waals surface area contributed by atoms with E-state index in [9.17, 15) is 4.79 Å².